The topological polar surface area (TPSA) is 64.4 Å². The van der Waals surface area contributed by atoms with E-state index in [0.29, 0.717) is 0 Å². The summed E-state index contributed by atoms with van der Waals surface area (Å²) in [6.07, 6.45) is 0. The van der Waals surface area contributed by atoms with Crippen LogP contribution in [0.3, 0.4) is 0 Å². The summed E-state index contributed by atoms with van der Waals surface area (Å²) in [5.41, 5.74) is 1.43. The van der Waals surface area contributed by atoms with Crippen molar-refractivity contribution < 1.29 is 9.87 Å². The molecule has 5 nitrogen and oxygen atoms in total. The quantitative estimate of drug-likeness (QED) is 0.362. The second kappa shape index (κ2) is 2.40. The van der Waals surface area contributed by atoms with Crippen LogP contribution >= 0.6 is 0 Å². The van der Waals surface area contributed by atoms with E-state index in [-0.39, 0.29) is 0 Å². The number of nitrogens with one attached hydrogen (secondary N) is 1. The Labute approximate surface area is 34.0 Å². The number of rotatable bonds is 2. The average Bonchev–Trinajstić information content (AvgIpc) is 1.35. The maximum absolute atomic E-state index is 9.17. The van der Waals surface area contributed by atoms with Gasteiger partial charge in [-0.25, -0.2) is 15.0 Å². The first-order valence-electron chi connectivity index (χ1n) is 1.20. The molecule has 0 saturated carbocycles. The minimum atomic E-state index is -0.792. The molecule has 0 unspecified atom stereocenters. The van der Waals surface area contributed by atoms with Crippen LogP contribution in [0.5, 0.6) is 0 Å². The summed E-state index contributed by atoms with van der Waals surface area (Å²) in [7, 11) is 1.17. The van der Waals surface area contributed by atoms with Crippen molar-refractivity contribution in [3.8, 4) is 0 Å². The highest BCUT2D eigenvalue weighted by atomic mass is 16.8. The molecule has 0 heterocycles. The zero-order valence-electron chi connectivity index (χ0n) is 3.17. The molecular weight excluding hydrogens is 88.0 g/mol. The minimum absolute atomic E-state index is 0.792. The van der Waals surface area contributed by atoms with E-state index >= 15 is 0 Å². The van der Waals surface area contributed by atoms with Crippen molar-refractivity contribution in [3.05, 3.63) is 10.1 Å². The Morgan fingerprint density at radius 1 is 2.00 bits per heavy atom. The van der Waals surface area contributed by atoms with E-state index < -0.39 is 5.03 Å². The predicted octanol–water partition coefficient (Wildman–Crippen LogP) is -0.671. The average molecular weight is 92.1 g/mol. The highest BCUT2D eigenvalue weighted by Crippen LogP contribution is 1.51. The van der Waals surface area contributed by atoms with Gasteiger partial charge in [-0.2, -0.15) is 0 Å². The van der Waals surface area contributed by atoms with Gasteiger partial charge in [0.2, 0.25) is 0 Å². The summed E-state index contributed by atoms with van der Waals surface area (Å²) < 4.78 is 0. The van der Waals surface area contributed by atoms with E-state index in [4.69, 9.17) is 10.1 Å². The lowest BCUT2D eigenvalue weighted by Crippen LogP contribution is -2.18. The third kappa shape index (κ3) is 3.16. The van der Waals surface area contributed by atoms with E-state index in [0.717, 1.165) is 0 Å². The van der Waals surface area contributed by atoms with Crippen molar-refractivity contribution in [1.29, 1.82) is 0 Å². The van der Waals surface area contributed by atoms with Crippen molar-refractivity contribution in [2.24, 2.45) is 0 Å². The molecule has 0 spiro atoms. The molecule has 0 atom stereocenters. The first-order chi connectivity index (χ1) is 2.77. The molecule has 6 heavy (non-hydrogen) atoms. The summed E-state index contributed by atoms with van der Waals surface area (Å²) in [5, 5.41) is 8.38. The lowest BCUT2D eigenvalue weighted by atomic mass is 11.7. The van der Waals surface area contributed by atoms with Crippen LogP contribution in [0.1, 0.15) is 0 Å². The summed E-state index contributed by atoms with van der Waals surface area (Å²) >= 11 is 0. The normalized spacial score (nSPS) is 7.50. The zero-order valence-corrected chi connectivity index (χ0v) is 3.17. The molecule has 0 aromatic rings. The van der Waals surface area contributed by atoms with Crippen molar-refractivity contribution in [3.63, 3.8) is 0 Å². The Hall–Kier alpha value is -0.840. The molecule has 0 radical (unpaired) electrons. The number of hydrazine groups is 1. The van der Waals surface area contributed by atoms with Gasteiger partial charge in [0.25, 0.3) is 0 Å². The summed E-state index contributed by atoms with van der Waals surface area (Å²) in [5.74, 6) is 0. The van der Waals surface area contributed by atoms with Gasteiger partial charge in [0.1, 0.15) is 0 Å². The maximum atomic E-state index is 9.17. The summed E-state index contributed by atoms with van der Waals surface area (Å²) in [4.78, 5) is 13.0. The van der Waals surface area contributed by atoms with Gasteiger partial charge in [-0.1, -0.05) is 0 Å². The van der Waals surface area contributed by atoms with E-state index in [1.807, 2.05) is 0 Å². The zero-order chi connectivity index (χ0) is 4.99. The van der Waals surface area contributed by atoms with Gasteiger partial charge in [0, 0.05) is 0 Å². The minimum Gasteiger partial charge on any atom is -0.233 e. The van der Waals surface area contributed by atoms with Gasteiger partial charge in [-0.3, -0.25) is 0 Å². The van der Waals surface area contributed by atoms with E-state index in [9.17, 15) is 0 Å². The SMILES string of the molecule is CON[N+](=O)[O-]. The Balaban J connectivity index is 2.83. The molecule has 0 bridgehead atoms. The number of nitro groups is 1. The first kappa shape index (κ1) is 5.16. The molecular formula is CH4N2O3. The van der Waals surface area contributed by atoms with Crippen molar-refractivity contribution in [2.75, 3.05) is 7.11 Å². The maximum Gasteiger partial charge on any atom is 0.184 e. The molecule has 36 valence electrons. The fourth-order valence-corrected chi connectivity index (χ4v) is 0.0745. The van der Waals surface area contributed by atoms with E-state index in [2.05, 4.69) is 4.84 Å². The molecule has 0 rings (SSSR count). The molecule has 0 aliphatic carbocycles. The Kier molecular flexibility index (Phi) is 2.06. The molecule has 5 heteroatoms. The van der Waals surface area contributed by atoms with Crippen molar-refractivity contribution >= 4 is 0 Å². The second-order valence-electron chi connectivity index (χ2n) is 0.553. The largest absolute Gasteiger partial charge is 0.233 e. The third-order valence-corrected chi connectivity index (χ3v) is 0.166. The Morgan fingerprint density at radius 2 is 2.50 bits per heavy atom. The number of nitrogens with zero attached hydrogens (tertiary/aromatic N) is 1. The lowest BCUT2D eigenvalue weighted by Gasteiger charge is -1.84. The van der Waals surface area contributed by atoms with E-state index in [1.165, 1.54) is 12.7 Å². The summed E-state index contributed by atoms with van der Waals surface area (Å²) in [6.45, 7) is 0. The van der Waals surface area contributed by atoms with Crippen LogP contribution in [0.15, 0.2) is 0 Å². The monoisotopic (exact) mass is 92.0 g/mol. The summed E-state index contributed by atoms with van der Waals surface area (Å²) in [6, 6.07) is 0. The molecule has 0 aromatic carbocycles. The molecule has 0 fully saturated rings. The van der Waals surface area contributed by atoms with Gasteiger partial charge in [-0.05, 0) is 5.59 Å². The van der Waals surface area contributed by atoms with Gasteiger partial charge in [-0.15, -0.1) is 0 Å². The fourth-order valence-electron chi connectivity index (χ4n) is 0.0745. The third-order valence-electron chi connectivity index (χ3n) is 0.166. The molecule has 1 N–H and O–H groups in total. The van der Waals surface area contributed by atoms with Crippen molar-refractivity contribution in [1.82, 2.24) is 5.59 Å². The van der Waals surface area contributed by atoms with Crippen LogP contribution in [-0.2, 0) is 4.84 Å². The molecule has 0 aromatic heterocycles. The second-order valence-corrected chi connectivity index (χ2v) is 0.553. The molecule has 0 aliphatic rings. The lowest BCUT2D eigenvalue weighted by molar-refractivity contribution is -0.603. The van der Waals surface area contributed by atoms with Crippen LogP contribution < -0.4 is 5.59 Å². The van der Waals surface area contributed by atoms with Gasteiger partial charge in [0.05, 0.1) is 7.11 Å². The van der Waals surface area contributed by atoms with Crippen LogP contribution in [0, 0.1) is 10.1 Å². The smallest absolute Gasteiger partial charge is 0.184 e. The Bertz CT molecular complexity index is 52.8. The first-order valence-corrected chi connectivity index (χ1v) is 1.20. The highest BCUT2D eigenvalue weighted by molar-refractivity contribution is 3.90. The van der Waals surface area contributed by atoms with E-state index in [1.54, 1.807) is 0 Å². The molecule has 0 saturated heterocycles. The Morgan fingerprint density at radius 3 is 2.50 bits per heavy atom. The number of hydrogen-bond donors (Lipinski definition) is 1. The molecule has 0 amide bonds. The molecule has 0 aliphatic heterocycles. The van der Waals surface area contributed by atoms with Crippen LogP contribution in [0.4, 0.5) is 0 Å². The van der Waals surface area contributed by atoms with Crippen LogP contribution in [0.2, 0.25) is 0 Å². The van der Waals surface area contributed by atoms with Crippen LogP contribution in [-0.4, -0.2) is 12.1 Å². The predicted molar refractivity (Wildman–Crippen MR) is 17.1 cm³/mol. The van der Waals surface area contributed by atoms with Gasteiger partial charge in [0.15, 0.2) is 5.03 Å². The highest BCUT2D eigenvalue weighted by Gasteiger charge is 1.81. The van der Waals surface area contributed by atoms with Gasteiger partial charge < -0.3 is 0 Å². The number of hydrogen-bond acceptors (Lipinski definition) is 3. The van der Waals surface area contributed by atoms with Crippen molar-refractivity contribution in [2.45, 2.75) is 0 Å². The fraction of sp³-hybridized carbons (Fsp3) is 1.00. The van der Waals surface area contributed by atoms with Gasteiger partial charge >= 0.3 is 0 Å². The standard InChI is InChI=1S/CH4N2O3/c1-6-2-3(4)5/h2H,1H3. The van der Waals surface area contributed by atoms with Crippen LogP contribution in [0.25, 0.3) is 0 Å².